The second-order valence-corrected chi connectivity index (χ2v) is 6.76. The van der Waals surface area contributed by atoms with Crippen LogP contribution in [0, 0.1) is 0 Å². The molecule has 0 aliphatic carbocycles. The van der Waals surface area contributed by atoms with E-state index in [-0.39, 0.29) is 17.8 Å². The fourth-order valence-corrected chi connectivity index (χ4v) is 2.88. The van der Waals surface area contributed by atoms with E-state index in [0.717, 1.165) is 0 Å². The van der Waals surface area contributed by atoms with Crippen molar-refractivity contribution in [2.45, 2.75) is 38.8 Å². The Bertz CT molecular complexity index is 802. The number of H-pyrrole nitrogens is 1. The second-order valence-electron chi connectivity index (χ2n) is 6.76. The molecule has 0 bridgehead atoms. The van der Waals surface area contributed by atoms with Crippen LogP contribution in [-0.4, -0.2) is 44.2 Å². The van der Waals surface area contributed by atoms with E-state index in [1.807, 2.05) is 20.8 Å². The molecule has 8 heteroatoms. The molecule has 1 fully saturated rings. The minimum Gasteiger partial charge on any atom is -0.444 e. The summed E-state index contributed by atoms with van der Waals surface area (Å²) < 4.78 is 7.04. The molecular weight excluding hydrogens is 298 g/mol. The van der Waals surface area contributed by atoms with E-state index in [1.165, 1.54) is 0 Å². The quantitative estimate of drug-likeness (QED) is 0.828. The lowest BCUT2D eigenvalue weighted by Gasteiger charge is -2.24. The molecule has 1 aliphatic rings. The van der Waals surface area contributed by atoms with Crippen molar-refractivity contribution in [1.82, 2.24) is 19.4 Å². The maximum absolute atomic E-state index is 12.3. The summed E-state index contributed by atoms with van der Waals surface area (Å²) in [6.45, 7) is 6.48. The average molecular weight is 319 g/mol. The van der Waals surface area contributed by atoms with Crippen LogP contribution >= 0.6 is 0 Å². The highest BCUT2D eigenvalue weighted by Gasteiger charge is 2.32. The molecule has 0 saturated carbocycles. The second kappa shape index (κ2) is 5.29. The lowest BCUT2D eigenvalue weighted by Crippen LogP contribution is -2.36. The summed E-state index contributed by atoms with van der Waals surface area (Å²) in [7, 11) is 0. The first kappa shape index (κ1) is 15.4. The van der Waals surface area contributed by atoms with Crippen molar-refractivity contribution in [2.75, 3.05) is 18.8 Å². The van der Waals surface area contributed by atoms with Crippen molar-refractivity contribution in [1.29, 1.82) is 0 Å². The Morgan fingerprint density at radius 3 is 2.91 bits per heavy atom. The van der Waals surface area contributed by atoms with Crippen molar-refractivity contribution in [3.63, 3.8) is 0 Å². The standard InChI is InChI=1S/C15H21N5O3/c1-15(2,3)23-14(22)19-7-5-9(8-19)20-10-4-6-17-12(16)11(10)18-13(20)21/h4,6,9H,5,7-8H2,1-3H3,(H2,16,17)(H,18,21). The molecule has 23 heavy (non-hydrogen) atoms. The van der Waals surface area contributed by atoms with Crippen LogP contribution in [0.5, 0.6) is 0 Å². The summed E-state index contributed by atoms with van der Waals surface area (Å²) >= 11 is 0. The van der Waals surface area contributed by atoms with E-state index >= 15 is 0 Å². The number of hydrogen-bond acceptors (Lipinski definition) is 5. The molecule has 1 saturated heterocycles. The number of nitrogens with zero attached hydrogens (tertiary/aromatic N) is 3. The zero-order valence-corrected chi connectivity index (χ0v) is 13.5. The highest BCUT2D eigenvalue weighted by Crippen LogP contribution is 2.26. The van der Waals surface area contributed by atoms with Crippen LogP contribution in [0.1, 0.15) is 33.2 Å². The number of imidazole rings is 1. The third-order valence-electron chi connectivity index (χ3n) is 3.85. The van der Waals surface area contributed by atoms with Gasteiger partial charge in [0.2, 0.25) is 0 Å². The molecule has 3 heterocycles. The van der Waals surface area contributed by atoms with Gasteiger partial charge in [0.1, 0.15) is 16.9 Å². The number of amides is 1. The Morgan fingerprint density at radius 1 is 1.48 bits per heavy atom. The molecule has 0 radical (unpaired) electrons. The number of aromatic nitrogens is 3. The molecule has 1 atom stereocenters. The fraction of sp³-hybridized carbons (Fsp3) is 0.533. The zero-order chi connectivity index (χ0) is 16.8. The molecule has 2 aromatic heterocycles. The lowest BCUT2D eigenvalue weighted by atomic mass is 10.2. The van der Waals surface area contributed by atoms with Crippen molar-refractivity contribution in [3.05, 3.63) is 22.7 Å². The van der Waals surface area contributed by atoms with Gasteiger partial charge in [-0.2, -0.15) is 0 Å². The maximum Gasteiger partial charge on any atom is 0.410 e. The molecule has 0 spiro atoms. The topological polar surface area (TPSA) is 106 Å². The van der Waals surface area contributed by atoms with E-state index in [9.17, 15) is 9.59 Å². The molecule has 124 valence electrons. The highest BCUT2D eigenvalue weighted by atomic mass is 16.6. The first-order chi connectivity index (χ1) is 10.8. The van der Waals surface area contributed by atoms with E-state index < -0.39 is 5.60 Å². The van der Waals surface area contributed by atoms with Crippen LogP contribution in [0.15, 0.2) is 17.1 Å². The number of nitrogen functional groups attached to an aromatic ring is 1. The molecule has 1 unspecified atom stereocenters. The van der Waals surface area contributed by atoms with E-state index in [0.29, 0.717) is 36.4 Å². The predicted molar refractivity (Wildman–Crippen MR) is 86.2 cm³/mol. The number of nitrogens with two attached hydrogens (primary N) is 1. The summed E-state index contributed by atoms with van der Waals surface area (Å²) in [4.78, 5) is 32.8. The number of ether oxygens (including phenoxy) is 1. The zero-order valence-electron chi connectivity index (χ0n) is 13.5. The van der Waals surface area contributed by atoms with Gasteiger partial charge in [0.25, 0.3) is 0 Å². The number of fused-ring (bicyclic) bond motifs is 1. The number of carbonyl (C=O) groups excluding carboxylic acids is 1. The van der Waals surface area contributed by atoms with Gasteiger partial charge in [-0.05, 0) is 33.3 Å². The maximum atomic E-state index is 12.3. The van der Waals surface area contributed by atoms with Crippen molar-refractivity contribution >= 4 is 22.9 Å². The van der Waals surface area contributed by atoms with Crippen LogP contribution in [0.2, 0.25) is 0 Å². The summed E-state index contributed by atoms with van der Waals surface area (Å²) in [6.07, 6.45) is 1.91. The molecule has 8 nitrogen and oxygen atoms in total. The Balaban J connectivity index is 1.85. The molecular formula is C15H21N5O3. The molecule has 2 aromatic rings. The van der Waals surface area contributed by atoms with E-state index in [1.54, 1.807) is 21.7 Å². The van der Waals surface area contributed by atoms with Crippen LogP contribution in [-0.2, 0) is 4.74 Å². The summed E-state index contributed by atoms with van der Waals surface area (Å²) in [5.41, 5.74) is 6.27. The molecule has 3 N–H and O–H groups in total. The van der Waals surface area contributed by atoms with Gasteiger partial charge < -0.3 is 20.4 Å². The Morgan fingerprint density at radius 2 is 2.22 bits per heavy atom. The van der Waals surface area contributed by atoms with Gasteiger partial charge in [-0.1, -0.05) is 0 Å². The van der Waals surface area contributed by atoms with Crippen molar-refractivity contribution in [2.24, 2.45) is 0 Å². The Kier molecular flexibility index (Phi) is 3.54. The van der Waals surface area contributed by atoms with E-state index in [2.05, 4.69) is 9.97 Å². The largest absolute Gasteiger partial charge is 0.444 e. The van der Waals surface area contributed by atoms with Crippen molar-refractivity contribution < 1.29 is 9.53 Å². The average Bonchev–Trinajstić information content (AvgIpc) is 3.01. The summed E-state index contributed by atoms with van der Waals surface area (Å²) in [6, 6.07) is 1.64. The van der Waals surface area contributed by atoms with E-state index in [4.69, 9.17) is 10.5 Å². The van der Waals surface area contributed by atoms with Gasteiger partial charge in [-0.25, -0.2) is 14.6 Å². The summed E-state index contributed by atoms with van der Waals surface area (Å²) in [5, 5.41) is 0. The van der Waals surface area contributed by atoms with Gasteiger partial charge in [-0.3, -0.25) is 4.57 Å². The van der Waals surface area contributed by atoms with Gasteiger partial charge in [0.15, 0.2) is 0 Å². The van der Waals surface area contributed by atoms with Gasteiger partial charge >= 0.3 is 11.8 Å². The number of likely N-dealkylation sites (tertiary alicyclic amines) is 1. The van der Waals surface area contributed by atoms with Crippen molar-refractivity contribution in [3.8, 4) is 0 Å². The smallest absolute Gasteiger partial charge is 0.410 e. The first-order valence-electron chi connectivity index (χ1n) is 7.59. The minimum absolute atomic E-state index is 0.106. The SMILES string of the molecule is CC(C)(C)OC(=O)N1CCC(n2c(=O)[nH]c3c(N)nccc32)C1. The van der Waals surface area contributed by atoms with Gasteiger partial charge in [-0.15, -0.1) is 0 Å². The van der Waals surface area contributed by atoms with Gasteiger partial charge in [0.05, 0.1) is 11.6 Å². The fourth-order valence-electron chi connectivity index (χ4n) is 2.88. The third kappa shape index (κ3) is 2.88. The molecule has 1 aliphatic heterocycles. The molecule has 1 amide bonds. The molecule has 3 rings (SSSR count). The van der Waals surface area contributed by atoms with Crippen LogP contribution in [0.4, 0.5) is 10.6 Å². The highest BCUT2D eigenvalue weighted by molar-refractivity contribution is 5.84. The number of aromatic amines is 1. The predicted octanol–water partition coefficient (Wildman–Crippen LogP) is 1.49. The van der Waals surface area contributed by atoms with Crippen LogP contribution in [0.3, 0.4) is 0 Å². The first-order valence-corrected chi connectivity index (χ1v) is 7.59. The monoisotopic (exact) mass is 319 g/mol. The Labute approximate surface area is 133 Å². The number of carbonyl (C=O) groups is 1. The lowest BCUT2D eigenvalue weighted by molar-refractivity contribution is 0.0289. The number of rotatable bonds is 1. The number of nitrogens with one attached hydrogen (secondary N) is 1. The number of hydrogen-bond donors (Lipinski definition) is 2. The minimum atomic E-state index is -0.535. The third-order valence-corrected chi connectivity index (χ3v) is 3.85. The summed E-state index contributed by atoms with van der Waals surface area (Å²) in [5.74, 6) is 0.292. The van der Waals surface area contributed by atoms with Crippen LogP contribution < -0.4 is 11.4 Å². The normalized spacial score (nSPS) is 18.6. The Hall–Kier alpha value is -2.51. The number of anilines is 1. The molecule has 0 aromatic carbocycles. The number of pyridine rings is 1. The van der Waals surface area contributed by atoms with Crippen LogP contribution in [0.25, 0.3) is 11.0 Å². The van der Waals surface area contributed by atoms with Gasteiger partial charge in [0, 0.05) is 19.3 Å².